The smallest absolute Gasteiger partial charge is 0.170 e. The Bertz CT molecular complexity index is 709. The Hall–Kier alpha value is -2.00. The minimum absolute atomic E-state index is 0.0620. The Balaban J connectivity index is 2.04. The molecule has 0 spiro atoms. The number of halogens is 1. The summed E-state index contributed by atoms with van der Waals surface area (Å²) in [5.41, 5.74) is 2.40. The first-order valence-electron chi connectivity index (χ1n) is 6.73. The molecule has 0 saturated carbocycles. The van der Waals surface area contributed by atoms with Crippen molar-refractivity contribution in [2.24, 2.45) is 0 Å². The lowest BCUT2D eigenvalue weighted by Crippen LogP contribution is -2.21. The molecule has 1 heterocycles. The summed E-state index contributed by atoms with van der Waals surface area (Å²) in [7, 11) is 1.58. The zero-order chi connectivity index (χ0) is 15.0. The maximum Gasteiger partial charge on any atom is 0.170 e. The monoisotopic (exact) mass is 302 g/mol. The Labute approximate surface area is 128 Å². The van der Waals surface area contributed by atoms with E-state index in [2.05, 4.69) is 0 Å². The van der Waals surface area contributed by atoms with Crippen LogP contribution in [0.4, 0.5) is 0 Å². The van der Waals surface area contributed by atoms with Crippen LogP contribution in [0.1, 0.15) is 34.0 Å². The van der Waals surface area contributed by atoms with Gasteiger partial charge in [-0.25, -0.2) is 0 Å². The first-order chi connectivity index (χ1) is 10.1. The number of benzene rings is 2. The Kier molecular flexibility index (Phi) is 3.60. The summed E-state index contributed by atoms with van der Waals surface area (Å²) in [4.78, 5) is 12.4. The van der Waals surface area contributed by atoms with Crippen LogP contribution in [0.15, 0.2) is 36.4 Å². The van der Waals surface area contributed by atoms with Gasteiger partial charge in [-0.1, -0.05) is 29.3 Å². The van der Waals surface area contributed by atoms with Gasteiger partial charge in [0.15, 0.2) is 5.78 Å². The molecular weight excluding hydrogens is 288 g/mol. The molecule has 0 radical (unpaired) electrons. The predicted octanol–water partition coefficient (Wildman–Crippen LogP) is 4.36. The maximum atomic E-state index is 12.4. The predicted molar refractivity (Wildman–Crippen MR) is 81.5 cm³/mol. The summed E-state index contributed by atoms with van der Waals surface area (Å²) < 4.78 is 11.3. The van der Waals surface area contributed by atoms with E-state index in [1.807, 2.05) is 37.3 Å². The van der Waals surface area contributed by atoms with Gasteiger partial charge in [-0.3, -0.25) is 4.79 Å². The number of fused-ring (bicyclic) bond motifs is 1. The number of ether oxygens (including phenoxy) is 2. The van der Waals surface area contributed by atoms with Crippen LogP contribution in [0.2, 0.25) is 5.02 Å². The molecule has 3 rings (SSSR count). The van der Waals surface area contributed by atoms with Crippen LogP contribution >= 0.6 is 11.6 Å². The largest absolute Gasteiger partial charge is 0.496 e. The fraction of sp³-hybridized carbons (Fsp3) is 0.235. The maximum absolute atomic E-state index is 12.4. The van der Waals surface area contributed by atoms with Crippen molar-refractivity contribution in [1.29, 1.82) is 0 Å². The fourth-order valence-corrected chi connectivity index (χ4v) is 2.89. The van der Waals surface area contributed by atoms with Crippen LogP contribution in [0.5, 0.6) is 11.5 Å². The molecule has 2 aromatic carbocycles. The summed E-state index contributed by atoms with van der Waals surface area (Å²) in [6.45, 7) is 1.96. The van der Waals surface area contributed by atoms with Crippen molar-refractivity contribution >= 4 is 17.4 Å². The van der Waals surface area contributed by atoms with Crippen LogP contribution in [-0.2, 0) is 0 Å². The third-order valence-electron chi connectivity index (χ3n) is 3.63. The lowest BCUT2D eigenvalue weighted by molar-refractivity contribution is 0.0847. The minimum Gasteiger partial charge on any atom is -0.496 e. The minimum atomic E-state index is -0.420. The second-order valence-corrected chi connectivity index (χ2v) is 5.50. The molecule has 108 valence electrons. The number of aryl methyl sites for hydroxylation is 1. The van der Waals surface area contributed by atoms with E-state index < -0.39 is 6.10 Å². The molecule has 0 aliphatic carbocycles. The van der Waals surface area contributed by atoms with Gasteiger partial charge in [0, 0.05) is 0 Å². The second kappa shape index (κ2) is 5.41. The Morgan fingerprint density at radius 2 is 2.10 bits per heavy atom. The molecule has 0 fully saturated rings. The third-order valence-corrected chi connectivity index (χ3v) is 3.96. The van der Waals surface area contributed by atoms with Crippen molar-refractivity contribution in [2.75, 3.05) is 7.11 Å². The van der Waals surface area contributed by atoms with E-state index in [4.69, 9.17) is 21.1 Å². The topological polar surface area (TPSA) is 35.5 Å². The van der Waals surface area contributed by atoms with E-state index in [-0.39, 0.29) is 12.2 Å². The Morgan fingerprint density at radius 1 is 1.29 bits per heavy atom. The zero-order valence-electron chi connectivity index (χ0n) is 11.9. The number of methoxy groups -OCH3 is 1. The number of ketones is 1. The molecule has 0 amide bonds. The molecule has 1 atom stereocenters. The highest BCUT2D eigenvalue weighted by molar-refractivity contribution is 6.31. The van der Waals surface area contributed by atoms with E-state index in [0.29, 0.717) is 22.1 Å². The van der Waals surface area contributed by atoms with Gasteiger partial charge in [0.25, 0.3) is 0 Å². The Morgan fingerprint density at radius 3 is 2.86 bits per heavy atom. The first kappa shape index (κ1) is 14.0. The van der Waals surface area contributed by atoms with Crippen LogP contribution in [-0.4, -0.2) is 12.9 Å². The second-order valence-electron chi connectivity index (χ2n) is 5.09. The van der Waals surface area contributed by atoms with Gasteiger partial charge >= 0.3 is 0 Å². The molecule has 2 aromatic rings. The number of carbonyl (C=O) groups excluding carboxylic acids is 1. The number of carbonyl (C=O) groups is 1. The molecule has 3 nitrogen and oxygen atoms in total. The average Bonchev–Trinajstić information content (AvgIpc) is 2.47. The van der Waals surface area contributed by atoms with Crippen molar-refractivity contribution in [1.82, 2.24) is 0 Å². The SMILES string of the molecule is COc1cccc(Cl)c1C1CC(=O)c2cc(C)ccc2O1. The summed E-state index contributed by atoms with van der Waals surface area (Å²) >= 11 is 6.27. The van der Waals surface area contributed by atoms with Crippen molar-refractivity contribution in [3.05, 3.63) is 58.1 Å². The van der Waals surface area contributed by atoms with Gasteiger partial charge in [0.2, 0.25) is 0 Å². The molecule has 0 saturated heterocycles. The normalized spacial score (nSPS) is 17.1. The van der Waals surface area contributed by atoms with Crippen LogP contribution in [0, 0.1) is 6.92 Å². The third kappa shape index (κ3) is 2.49. The van der Waals surface area contributed by atoms with Crippen molar-refractivity contribution in [3.8, 4) is 11.5 Å². The van der Waals surface area contributed by atoms with Crippen molar-refractivity contribution < 1.29 is 14.3 Å². The van der Waals surface area contributed by atoms with Crippen molar-refractivity contribution in [2.45, 2.75) is 19.4 Å². The molecule has 0 N–H and O–H groups in total. The highest BCUT2D eigenvalue weighted by atomic mass is 35.5. The zero-order valence-corrected chi connectivity index (χ0v) is 12.6. The van der Waals surface area contributed by atoms with Crippen molar-refractivity contribution in [3.63, 3.8) is 0 Å². The number of Topliss-reactive ketones (excluding diaryl/α,β-unsaturated/α-hetero) is 1. The standard InChI is InChI=1S/C17H15ClO3/c1-10-6-7-14-11(8-10)13(19)9-16(21-14)17-12(18)4-3-5-15(17)20-2/h3-8,16H,9H2,1-2H3. The highest BCUT2D eigenvalue weighted by Gasteiger charge is 2.31. The van der Waals surface area contributed by atoms with E-state index in [1.165, 1.54) is 0 Å². The lowest BCUT2D eigenvalue weighted by Gasteiger charge is -2.27. The van der Waals surface area contributed by atoms with Crippen LogP contribution in [0.25, 0.3) is 0 Å². The molecule has 1 aliphatic heterocycles. The van der Waals surface area contributed by atoms with Crippen LogP contribution < -0.4 is 9.47 Å². The van der Waals surface area contributed by atoms with E-state index in [1.54, 1.807) is 13.2 Å². The molecule has 0 aromatic heterocycles. The molecule has 4 heteroatoms. The van der Waals surface area contributed by atoms with Crippen LogP contribution in [0.3, 0.4) is 0 Å². The average molecular weight is 303 g/mol. The van der Waals surface area contributed by atoms with E-state index in [0.717, 1.165) is 11.1 Å². The summed E-state index contributed by atoms with van der Waals surface area (Å²) in [5.74, 6) is 1.30. The quantitative estimate of drug-likeness (QED) is 0.826. The number of hydrogen-bond acceptors (Lipinski definition) is 3. The molecule has 0 bridgehead atoms. The number of rotatable bonds is 2. The van der Waals surface area contributed by atoms with Gasteiger partial charge in [0.05, 0.1) is 29.7 Å². The summed E-state index contributed by atoms with van der Waals surface area (Å²) in [5, 5.41) is 0.544. The van der Waals surface area contributed by atoms with Gasteiger partial charge in [0.1, 0.15) is 17.6 Å². The lowest BCUT2D eigenvalue weighted by atomic mass is 9.95. The molecule has 1 unspecified atom stereocenters. The van der Waals surface area contributed by atoms with Gasteiger partial charge in [-0.2, -0.15) is 0 Å². The molecule has 21 heavy (non-hydrogen) atoms. The van der Waals surface area contributed by atoms with E-state index >= 15 is 0 Å². The molecular formula is C17H15ClO3. The fourth-order valence-electron chi connectivity index (χ4n) is 2.61. The van der Waals surface area contributed by atoms with Gasteiger partial charge in [-0.05, 0) is 31.2 Å². The molecule has 1 aliphatic rings. The first-order valence-corrected chi connectivity index (χ1v) is 7.11. The van der Waals surface area contributed by atoms with Gasteiger partial charge in [-0.15, -0.1) is 0 Å². The highest BCUT2D eigenvalue weighted by Crippen LogP contribution is 2.41. The van der Waals surface area contributed by atoms with Gasteiger partial charge < -0.3 is 9.47 Å². The van der Waals surface area contributed by atoms with E-state index in [9.17, 15) is 4.79 Å². The summed E-state index contributed by atoms with van der Waals surface area (Å²) in [6, 6.07) is 11.0. The number of hydrogen-bond donors (Lipinski definition) is 0. The summed E-state index contributed by atoms with van der Waals surface area (Å²) in [6.07, 6.45) is -0.160.